The maximum atomic E-state index is 13.8. The molecule has 0 bridgehead atoms. The van der Waals surface area contributed by atoms with Gasteiger partial charge in [0.25, 0.3) is 0 Å². The largest absolute Gasteiger partial charge is 0.207 e. The molecule has 3 rings (SSSR count). The Kier molecular flexibility index (Phi) is 3.29. The van der Waals surface area contributed by atoms with Crippen LogP contribution in [0.1, 0.15) is 26.3 Å². The van der Waals surface area contributed by atoms with Crippen molar-refractivity contribution in [2.75, 3.05) is 0 Å². The maximum absolute atomic E-state index is 13.8. The van der Waals surface area contributed by atoms with Crippen LogP contribution in [-0.2, 0) is 5.41 Å². The predicted octanol–water partition coefficient (Wildman–Crippen LogP) is 5.94. The lowest BCUT2D eigenvalue weighted by atomic mass is 9.81. The van der Waals surface area contributed by atoms with Crippen molar-refractivity contribution in [1.82, 2.24) is 0 Å². The molecule has 0 aliphatic rings. The van der Waals surface area contributed by atoms with Crippen LogP contribution >= 0.6 is 0 Å². The monoisotopic (exact) mass is 278 g/mol. The van der Waals surface area contributed by atoms with Gasteiger partial charge >= 0.3 is 0 Å². The highest BCUT2D eigenvalue weighted by Crippen LogP contribution is 2.36. The van der Waals surface area contributed by atoms with Crippen molar-refractivity contribution >= 4 is 10.8 Å². The van der Waals surface area contributed by atoms with Crippen molar-refractivity contribution in [2.45, 2.75) is 26.2 Å². The molecule has 0 saturated carbocycles. The first kappa shape index (κ1) is 13.8. The topological polar surface area (TPSA) is 0 Å². The van der Waals surface area contributed by atoms with E-state index in [4.69, 9.17) is 0 Å². The molecule has 3 aromatic rings. The number of fused-ring (bicyclic) bond motifs is 1. The highest BCUT2D eigenvalue weighted by atomic mass is 19.1. The molecular weight excluding hydrogens is 259 g/mol. The molecule has 0 fully saturated rings. The first-order valence-electron chi connectivity index (χ1n) is 7.25. The quantitative estimate of drug-likeness (QED) is 0.516. The van der Waals surface area contributed by atoms with Crippen LogP contribution in [0.25, 0.3) is 21.9 Å². The Hall–Kier alpha value is -2.15. The fraction of sp³-hybridized carbons (Fsp3) is 0.200. The minimum absolute atomic E-state index is 0.0278. The van der Waals surface area contributed by atoms with Crippen molar-refractivity contribution in [2.24, 2.45) is 0 Å². The van der Waals surface area contributed by atoms with Crippen molar-refractivity contribution in [3.05, 3.63) is 72.0 Å². The third-order valence-electron chi connectivity index (χ3n) is 3.87. The van der Waals surface area contributed by atoms with E-state index < -0.39 is 0 Å². The molecule has 0 saturated heterocycles. The van der Waals surface area contributed by atoms with Gasteiger partial charge in [-0.05, 0) is 45.0 Å². The number of hydrogen-bond acceptors (Lipinski definition) is 0. The highest BCUT2D eigenvalue weighted by Gasteiger charge is 2.20. The summed E-state index contributed by atoms with van der Waals surface area (Å²) in [6.07, 6.45) is 0. The van der Waals surface area contributed by atoms with Gasteiger partial charge in [-0.3, -0.25) is 0 Å². The normalized spacial score (nSPS) is 11.8. The minimum atomic E-state index is -0.189. The summed E-state index contributed by atoms with van der Waals surface area (Å²) in [6.45, 7) is 6.48. The van der Waals surface area contributed by atoms with Crippen molar-refractivity contribution in [3.63, 3.8) is 0 Å². The van der Waals surface area contributed by atoms with Crippen LogP contribution in [-0.4, -0.2) is 0 Å². The maximum Gasteiger partial charge on any atom is 0.123 e. The Labute approximate surface area is 125 Å². The molecule has 0 aromatic heterocycles. The molecule has 0 amide bonds. The van der Waals surface area contributed by atoms with E-state index in [0.29, 0.717) is 0 Å². The van der Waals surface area contributed by atoms with Gasteiger partial charge in [-0.25, -0.2) is 4.39 Å². The van der Waals surface area contributed by atoms with E-state index in [0.717, 1.165) is 16.5 Å². The molecule has 0 aliphatic carbocycles. The molecule has 0 nitrogen and oxygen atoms in total. The van der Waals surface area contributed by atoms with Crippen molar-refractivity contribution in [3.8, 4) is 11.1 Å². The van der Waals surface area contributed by atoms with Crippen LogP contribution in [0.15, 0.2) is 60.7 Å². The van der Waals surface area contributed by atoms with Gasteiger partial charge < -0.3 is 0 Å². The van der Waals surface area contributed by atoms with Gasteiger partial charge in [0.15, 0.2) is 0 Å². The summed E-state index contributed by atoms with van der Waals surface area (Å²) in [6, 6.07) is 19.6. The van der Waals surface area contributed by atoms with Gasteiger partial charge in [0.1, 0.15) is 5.82 Å². The molecule has 1 heteroatoms. The standard InChI is InChI=1S/C20H19F/c1-20(2,3)19-12-11-15(21)13-18(19)17-10-6-8-14-7-4-5-9-16(14)17/h4-13H,1-3H3. The zero-order chi connectivity index (χ0) is 15.0. The van der Waals surface area contributed by atoms with Gasteiger partial charge in [-0.15, -0.1) is 0 Å². The summed E-state index contributed by atoms with van der Waals surface area (Å²) >= 11 is 0. The summed E-state index contributed by atoms with van der Waals surface area (Å²) < 4.78 is 13.8. The van der Waals surface area contributed by atoms with Crippen LogP contribution in [0.2, 0.25) is 0 Å². The molecule has 0 spiro atoms. The molecule has 3 aromatic carbocycles. The van der Waals surface area contributed by atoms with E-state index in [2.05, 4.69) is 45.0 Å². The fourth-order valence-corrected chi connectivity index (χ4v) is 2.85. The number of benzene rings is 3. The molecule has 0 atom stereocenters. The van der Waals surface area contributed by atoms with Crippen LogP contribution in [0.3, 0.4) is 0 Å². The second-order valence-corrected chi connectivity index (χ2v) is 6.47. The van der Waals surface area contributed by atoms with Crippen LogP contribution < -0.4 is 0 Å². The molecule has 21 heavy (non-hydrogen) atoms. The van der Waals surface area contributed by atoms with Crippen LogP contribution in [0.4, 0.5) is 4.39 Å². The molecule has 0 heterocycles. The van der Waals surface area contributed by atoms with Gasteiger partial charge in [-0.1, -0.05) is 69.3 Å². The second kappa shape index (κ2) is 5.00. The molecule has 0 N–H and O–H groups in total. The fourth-order valence-electron chi connectivity index (χ4n) is 2.85. The predicted molar refractivity (Wildman–Crippen MR) is 88.0 cm³/mol. The zero-order valence-corrected chi connectivity index (χ0v) is 12.7. The summed E-state index contributed by atoms with van der Waals surface area (Å²) in [5, 5.41) is 2.34. The van der Waals surface area contributed by atoms with Crippen molar-refractivity contribution in [1.29, 1.82) is 0 Å². The lowest BCUT2D eigenvalue weighted by molar-refractivity contribution is 0.585. The number of hydrogen-bond donors (Lipinski definition) is 0. The highest BCUT2D eigenvalue weighted by molar-refractivity contribution is 5.97. The molecule has 0 radical (unpaired) electrons. The molecular formula is C20H19F. The average molecular weight is 278 g/mol. The first-order valence-corrected chi connectivity index (χ1v) is 7.25. The summed E-state index contributed by atoms with van der Waals surface area (Å²) in [5.74, 6) is -0.189. The summed E-state index contributed by atoms with van der Waals surface area (Å²) in [4.78, 5) is 0. The zero-order valence-electron chi connectivity index (χ0n) is 12.7. The third-order valence-corrected chi connectivity index (χ3v) is 3.87. The van der Waals surface area contributed by atoms with Gasteiger partial charge in [0.05, 0.1) is 0 Å². The Morgan fingerprint density at radius 1 is 0.762 bits per heavy atom. The van der Waals surface area contributed by atoms with E-state index in [1.165, 1.54) is 10.9 Å². The Balaban J connectivity index is 2.35. The third kappa shape index (κ3) is 2.56. The Bertz CT molecular complexity index is 789. The Morgan fingerprint density at radius 3 is 2.24 bits per heavy atom. The summed E-state index contributed by atoms with van der Waals surface area (Å²) in [7, 11) is 0. The molecule has 0 unspecified atom stereocenters. The number of rotatable bonds is 1. The minimum Gasteiger partial charge on any atom is -0.207 e. The second-order valence-electron chi connectivity index (χ2n) is 6.47. The lowest BCUT2D eigenvalue weighted by Crippen LogP contribution is -2.13. The van der Waals surface area contributed by atoms with Gasteiger partial charge in [0.2, 0.25) is 0 Å². The van der Waals surface area contributed by atoms with Crippen molar-refractivity contribution < 1.29 is 4.39 Å². The average Bonchev–Trinajstić information content (AvgIpc) is 2.45. The smallest absolute Gasteiger partial charge is 0.123 e. The lowest BCUT2D eigenvalue weighted by Gasteiger charge is -2.23. The van der Waals surface area contributed by atoms with Gasteiger partial charge in [0, 0.05) is 0 Å². The van der Waals surface area contributed by atoms with E-state index in [9.17, 15) is 4.39 Å². The van der Waals surface area contributed by atoms with E-state index in [-0.39, 0.29) is 11.2 Å². The molecule has 106 valence electrons. The first-order chi connectivity index (χ1) is 9.97. The van der Waals surface area contributed by atoms with Crippen LogP contribution in [0, 0.1) is 5.82 Å². The number of halogens is 1. The van der Waals surface area contributed by atoms with E-state index in [1.54, 1.807) is 12.1 Å². The van der Waals surface area contributed by atoms with E-state index in [1.807, 2.05) is 24.3 Å². The summed E-state index contributed by atoms with van der Waals surface area (Å²) in [5.41, 5.74) is 3.22. The van der Waals surface area contributed by atoms with E-state index >= 15 is 0 Å². The Morgan fingerprint density at radius 2 is 1.48 bits per heavy atom. The SMILES string of the molecule is CC(C)(C)c1ccc(F)cc1-c1cccc2ccccc12. The molecule has 0 aliphatic heterocycles. The van der Waals surface area contributed by atoms with Crippen LogP contribution in [0.5, 0.6) is 0 Å². The van der Waals surface area contributed by atoms with Gasteiger partial charge in [-0.2, -0.15) is 0 Å².